The lowest BCUT2D eigenvalue weighted by molar-refractivity contribution is -0.116. The maximum atomic E-state index is 13.3. The number of hydrogen-bond acceptors (Lipinski definition) is 6. The molecule has 0 bridgehead atoms. The fourth-order valence-electron chi connectivity index (χ4n) is 2.36. The van der Waals surface area contributed by atoms with Gasteiger partial charge in [-0.1, -0.05) is 32.0 Å². The summed E-state index contributed by atoms with van der Waals surface area (Å²) in [5.41, 5.74) is 0.417. The van der Waals surface area contributed by atoms with E-state index in [2.05, 4.69) is 20.4 Å². The summed E-state index contributed by atoms with van der Waals surface area (Å²) in [5, 5.41) is 7.09. The van der Waals surface area contributed by atoms with E-state index in [4.69, 9.17) is 4.52 Å². The van der Waals surface area contributed by atoms with E-state index >= 15 is 0 Å². The molecule has 0 saturated heterocycles. The molecule has 28 heavy (non-hydrogen) atoms. The zero-order valence-corrected chi connectivity index (χ0v) is 16.6. The van der Waals surface area contributed by atoms with Crippen LogP contribution in [-0.4, -0.2) is 21.0 Å². The monoisotopic (exact) mass is 406 g/mol. The van der Waals surface area contributed by atoms with Gasteiger partial charge in [0.05, 0.1) is 0 Å². The standard InChI is InChI=1S/C19H20F2N4O2S/c1-19(2,3)17-24-16(27-25-17)7-6-15(26)23-18-22-10-12(28-18)8-11-4-5-13(20)14(21)9-11/h4-5,9-10H,6-8H2,1-3H3,(H,22,23,26). The molecule has 0 aliphatic carbocycles. The van der Waals surface area contributed by atoms with Gasteiger partial charge in [0.2, 0.25) is 11.8 Å². The van der Waals surface area contributed by atoms with Crippen molar-refractivity contribution < 1.29 is 18.1 Å². The summed E-state index contributed by atoms with van der Waals surface area (Å²) < 4.78 is 31.5. The maximum absolute atomic E-state index is 13.3. The van der Waals surface area contributed by atoms with E-state index in [-0.39, 0.29) is 17.7 Å². The second-order valence-electron chi connectivity index (χ2n) is 7.37. The van der Waals surface area contributed by atoms with Crippen molar-refractivity contribution in [1.82, 2.24) is 15.1 Å². The summed E-state index contributed by atoms with van der Waals surface area (Å²) in [6.07, 6.45) is 2.53. The van der Waals surface area contributed by atoms with E-state index in [1.807, 2.05) is 20.8 Å². The molecule has 2 aromatic heterocycles. The summed E-state index contributed by atoms with van der Waals surface area (Å²) in [4.78, 5) is 21.4. The first-order valence-electron chi connectivity index (χ1n) is 8.72. The smallest absolute Gasteiger partial charge is 0.227 e. The Morgan fingerprint density at radius 2 is 2.04 bits per heavy atom. The molecule has 0 aliphatic rings. The molecule has 3 rings (SSSR count). The second kappa shape index (κ2) is 8.14. The number of thiazole rings is 1. The van der Waals surface area contributed by atoms with Crippen molar-refractivity contribution in [3.8, 4) is 0 Å². The van der Waals surface area contributed by atoms with Gasteiger partial charge in [0.25, 0.3) is 0 Å². The number of aromatic nitrogens is 3. The molecule has 148 valence electrons. The summed E-state index contributed by atoms with van der Waals surface area (Å²) in [5.74, 6) is -0.963. The first-order chi connectivity index (χ1) is 13.2. The van der Waals surface area contributed by atoms with Crippen molar-refractivity contribution in [2.75, 3.05) is 5.32 Å². The average molecular weight is 406 g/mol. The fraction of sp³-hybridized carbons (Fsp3) is 0.368. The van der Waals surface area contributed by atoms with Crippen LogP contribution < -0.4 is 5.32 Å². The number of amides is 1. The molecule has 0 radical (unpaired) electrons. The predicted octanol–water partition coefficient (Wildman–Crippen LogP) is 4.26. The number of carbonyl (C=O) groups excluding carboxylic acids is 1. The maximum Gasteiger partial charge on any atom is 0.227 e. The summed E-state index contributed by atoms with van der Waals surface area (Å²) in [7, 11) is 0. The number of anilines is 1. The number of hydrogen-bond donors (Lipinski definition) is 1. The van der Waals surface area contributed by atoms with Crippen molar-refractivity contribution in [2.24, 2.45) is 0 Å². The largest absolute Gasteiger partial charge is 0.339 e. The molecule has 0 saturated carbocycles. The zero-order valence-electron chi connectivity index (χ0n) is 15.8. The number of aryl methyl sites for hydroxylation is 1. The Labute approximate surface area is 165 Å². The molecule has 1 aromatic carbocycles. The lowest BCUT2D eigenvalue weighted by Crippen LogP contribution is -2.14. The molecular formula is C19H20F2N4O2S. The van der Waals surface area contributed by atoms with Gasteiger partial charge in [-0.15, -0.1) is 11.3 Å². The van der Waals surface area contributed by atoms with Gasteiger partial charge in [-0.3, -0.25) is 4.79 Å². The van der Waals surface area contributed by atoms with E-state index in [0.717, 1.165) is 17.0 Å². The Kier molecular flexibility index (Phi) is 5.83. The molecule has 1 N–H and O–H groups in total. The summed E-state index contributed by atoms with van der Waals surface area (Å²) in [6.45, 7) is 5.94. The van der Waals surface area contributed by atoms with Gasteiger partial charge in [0, 0.05) is 35.8 Å². The summed E-state index contributed by atoms with van der Waals surface area (Å²) >= 11 is 1.28. The van der Waals surface area contributed by atoms with E-state index in [0.29, 0.717) is 35.3 Å². The number of carbonyl (C=O) groups is 1. The Balaban J connectivity index is 1.52. The molecule has 0 unspecified atom stereocenters. The fourth-order valence-corrected chi connectivity index (χ4v) is 3.22. The Morgan fingerprint density at radius 1 is 1.25 bits per heavy atom. The highest BCUT2D eigenvalue weighted by Crippen LogP contribution is 2.23. The van der Waals surface area contributed by atoms with Crippen molar-refractivity contribution in [3.63, 3.8) is 0 Å². The molecule has 1 amide bonds. The second-order valence-corrected chi connectivity index (χ2v) is 8.48. The van der Waals surface area contributed by atoms with Gasteiger partial charge in [-0.05, 0) is 17.7 Å². The third-order valence-corrected chi connectivity index (χ3v) is 4.78. The molecule has 9 heteroatoms. The molecule has 2 heterocycles. The third kappa shape index (κ3) is 5.19. The lowest BCUT2D eigenvalue weighted by Gasteiger charge is -2.10. The predicted molar refractivity (Wildman–Crippen MR) is 101 cm³/mol. The SMILES string of the molecule is CC(C)(C)c1noc(CCC(=O)Nc2ncc(Cc3ccc(F)c(F)c3)s2)n1. The van der Waals surface area contributed by atoms with Crippen molar-refractivity contribution in [3.05, 3.63) is 58.2 Å². The van der Waals surface area contributed by atoms with Crippen LogP contribution in [0.2, 0.25) is 0 Å². The third-order valence-electron chi connectivity index (χ3n) is 3.87. The highest BCUT2D eigenvalue weighted by Gasteiger charge is 2.21. The van der Waals surface area contributed by atoms with Crippen LogP contribution in [0.5, 0.6) is 0 Å². The van der Waals surface area contributed by atoms with Crippen molar-refractivity contribution >= 4 is 22.4 Å². The van der Waals surface area contributed by atoms with E-state index in [9.17, 15) is 13.6 Å². The molecule has 0 spiro atoms. The normalized spacial score (nSPS) is 11.6. The van der Waals surface area contributed by atoms with Crippen molar-refractivity contribution in [2.45, 2.75) is 45.4 Å². The van der Waals surface area contributed by atoms with Crippen LogP contribution in [0.15, 0.2) is 28.9 Å². The van der Waals surface area contributed by atoms with Crippen LogP contribution in [0.3, 0.4) is 0 Å². The number of nitrogens with zero attached hydrogens (tertiary/aromatic N) is 3. The molecule has 0 aliphatic heterocycles. The van der Waals surface area contributed by atoms with E-state index in [1.165, 1.54) is 17.4 Å². The highest BCUT2D eigenvalue weighted by atomic mass is 32.1. The van der Waals surface area contributed by atoms with Gasteiger partial charge in [0.15, 0.2) is 22.6 Å². The van der Waals surface area contributed by atoms with Crippen molar-refractivity contribution in [1.29, 1.82) is 0 Å². The van der Waals surface area contributed by atoms with Gasteiger partial charge in [-0.2, -0.15) is 4.98 Å². The minimum absolute atomic E-state index is 0.184. The highest BCUT2D eigenvalue weighted by molar-refractivity contribution is 7.15. The number of benzene rings is 1. The lowest BCUT2D eigenvalue weighted by atomic mass is 9.96. The Morgan fingerprint density at radius 3 is 2.71 bits per heavy atom. The summed E-state index contributed by atoms with van der Waals surface area (Å²) in [6, 6.07) is 3.77. The van der Waals surface area contributed by atoms with Gasteiger partial charge < -0.3 is 9.84 Å². The van der Waals surface area contributed by atoms with Crippen LogP contribution >= 0.6 is 11.3 Å². The topological polar surface area (TPSA) is 80.9 Å². The van der Waals surface area contributed by atoms with E-state index in [1.54, 1.807) is 6.20 Å². The van der Waals surface area contributed by atoms with E-state index < -0.39 is 11.6 Å². The zero-order chi connectivity index (χ0) is 20.3. The molecule has 0 fully saturated rings. The van der Waals surface area contributed by atoms with Gasteiger partial charge in [0.1, 0.15) is 0 Å². The first kappa shape index (κ1) is 20.1. The van der Waals surface area contributed by atoms with Gasteiger partial charge in [-0.25, -0.2) is 13.8 Å². The Hall–Kier alpha value is -2.68. The molecule has 6 nitrogen and oxygen atoms in total. The molecule has 0 atom stereocenters. The number of rotatable bonds is 6. The van der Waals surface area contributed by atoms with Gasteiger partial charge >= 0.3 is 0 Å². The van der Waals surface area contributed by atoms with Crippen LogP contribution in [0.25, 0.3) is 0 Å². The molecule has 3 aromatic rings. The first-order valence-corrected chi connectivity index (χ1v) is 9.54. The van der Waals surface area contributed by atoms with Crippen LogP contribution in [0.4, 0.5) is 13.9 Å². The van der Waals surface area contributed by atoms with Crippen LogP contribution in [0.1, 0.15) is 49.3 Å². The quantitative estimate of drug-likeness (QED) is 0.661. The number of halogens is 2. The van der Waals surface area contributed by atoms with Crippen LogP contribution in [-0.2, 0) is 23.1 Å². The minimum atomic E-state index is -0.883. The number of nitrogens with one attached hydrogen (secondary N) is 1. The average Bonchev–Trinajstić information content (AvgIpc) is 3.26. The Bertz CT molecular complexity index is 978. The minimum Gasteiger partial charge on any atom is -0.339 e. The van der Waals surface area contributed by atoms with Crippen LogP contribution in [0, 0.1) is 11.6 Å². The molecular weight excluding hydrogens is 386 g/mol.